The van der Waals surface area contributed by atoms with E-state index >= 15 is 0 Å². The maximum atomic E-state index is 13.0. The zero-order chi connectivity index (χ0) is 17.4. The van der Waals surface area contributed by atoms with Gasteiger partial charge in [0, 0.05) is 23.0 Å². The predicted octanol–water partition coefficient (Wildman–Crippen LogP) is 3.57. The molecule has 4 rings (SSSR count). The topological polar surface area (TPSA) is 62.3 Å². The first-order valence-corrected chi connectivity index (χ1v) is 10.4. The van der Waals surface area contributed by atoms with Crippen LogP contribution >= 0.6 is 22.7 Å². The Kier molecular flexibility index (Phi) is 4.60. The smallest absolute Gasteiger partial charge is 0.264 e. The van der Waals surface area contributed by atoms with Gasteiger partial charge in [-0.1, -0.05) is 6.92 Å². The largest absolute Gasteiger partial charge is 0.326 e. The lowest BCUT2D eigenvalue weighted by molar-refractivity contribution is -0.119. The fourth-order valence-corrected chi connectivity index (χ4v) is 5.41. The minimum Gasteiger partial charge on any atom is -0.326 e. The number of amides is 2. The molecule has 1 N–H and O–H groups in total. The lowest BCUT2D eigenvalue weighted by Crippen LogP contribution is -2.42. The first-order chi connectivity index (χ1) is 12.1. The van der Waals surface area contributed by atoms with E-state index in [-0.39, 0.29) is 11.8 Å². The Labute approximate surface area is 155 Å². The number of nitrogens with zero attached hydrogens (tertiary/aromatic N) is 2. The number of carbonyl (C=O) groups excluding carboxylic acids is 2. The maximum Gasteiger partial charge on any atom is 0.264 e. The summed E-state index contributed by atoms with van der Waals surface area (Å²) < 4.78 is 0. The second-order valence-electron chi connectivity index (χ2n) is 6.89. The van der Waals surface area contributed by atoms with Crippen LogP contribution in [0.15, 0.2) is 17.6 Å². The monoisotopic (exact) mass is 375 g/mol. The van der Waals surface area contributed by atoms with Crippen molar-refractivity contribution in [2.75, 3.05) is 11.9 Å². The van der Waals surface area contributed by atoms with Gasteiger partial charge < -0.3 is 10.2 Å². The normalized spacial score (nSPS) is 22.7. The molecule has 0 saturated carbocycles. The average molecular weight is 376 g/mol. The molecular weight excluding hydrogens is 354 g/mol. The molecule has 2 aromatic rings. The van der Waals surface area contributed by atoms with Crippen molar-refractivity contribution in [2.45, 2.75) is 45.1 Å². The lowest BCUT2D eigenvalue weighted by atomic mass is 9.90. The second kappa shape index (κ2) is 6.88. The quantitative estimate of drug-likeness (QED) is 0.892. The number of anilines is 1. The number of nitrogens with one attached hydrogen (secondary N) is 1. The fourth-order valence-electron chi connectivity index (χ4n) is 3.71. The Morgan fingerprint density at radius 1 is 1.36 bits per heavy atom. The molecule has 2 aliphatic rings. The molecule has 2 aromatic heterocycles. The lowest BCUT2D eigenvalue weighted by Gasteiger charge is -2.22. The zero-order valence-corrected chi connectivity index (χ0v) is 15.8. The molecule has 5 nitrogen and oxygen atoms in total. The van der Waals surface area contributed by atoms with Gasteiger partial charge in [-0.25, -0.2) is 4.98 Å². The van der Waals surface area contributed by atoms with Crippen LogP contribution in [0, 0.1) is 5.92 Å². The molecule has 1 saturated heterocycles. The Hall–Kier alpha value is -1.73. The highest BCUT2D eigenvalue weighted by Gasteiger charge is 2.36. The van der Waals surface area contributed by atoms with Crippen molar-refractivity contribution in [1.29, 1.82) is 0 Å². The maximum absolute atomic E-state index is 13.0. The Morgan fingerprint density at radius 2 is 2.24 bits per heavy atom. The van der Waals surface area contributed by atoms with E-state index in [2.05, 4.69) is 23.3 Å². The van der Waals surface area contributed by atoms with E-state index in [9.17, 15) is 9.59 Å². The summed E-state index contributed by atoms with van der Waals surface area (Å²) in [6.07, 6.45) is 6.57. The third-order valence-corrected chi connectivity index (χ3v) is 6.93. The molecule has 0 bridgehead atoms. The van der Waals surface area contributed by atoms with Crippen LogP contribution in [-0.2, 0) is 17.6 Å². The number of hydrogen-bond donors (Lipinski definition) is 1. The molecule has 1 fully saturated rings. The summed E-state index contributed by atoms with van der Waals surface area (Å²) in [5.74, 6) is 0.563. The fraction of sp³-hybridized carbons (Fsp3) is 0.500. The highest BCUT2D eigenvalue weighted by atomic mass is 32.1. The minimum absolute atomic E-state index is 0.00356. The van der Waals surface area contributed by atoms with Crippen LogP contribution in [0.25, 0.3) is 0 Å². The Morgan fingerprint density at radius 3 is 3.04 bits per heavy atom. The Bertz CT molecular complexity index is 784. The molecule has 0 spiro atoms. The number of hydrogen-bond acceptors (Lipinski definition) is 5. The van der Waals surface area contributed by atoms with Crippen molar-refractivity contribution in [3.63, 3.8) is 0 Å². The molecular formula is C18H21N3O2S2. The van der Waals surface area contributed by atoms with Gasteiger partial charge in [0.25, 0.3) is 5.91 Å². The van der Waals surface area contributed by atoms with Gasteiger partial charge in [0.2, 0.25) is 5.91 Å². The molecule has 25 heavy (non-hydrogen) atoms. The van der Waals surface area contributed by atoms with E-state index in [0.717, 1.165) is 24.1 Å². The van der Waals surface area contributed by atoms with Crippen molar-refractivity contribution < 1.29 is 9.59 Å². The van der Waals surface area contributed by atoms with Gasteiger partial charge in [0.05, 0.1) is 4.88 Å². The molecule has 0 radical (unpaired) electrons. The summed E-state index contributed by atoms with van der Waals surface area (Å²) in [7, 11) is 0. The van der Waals surface area contributed by atoms with Crippen molar-refractivity contribution in [2.24, 2.45) is 5.92 Å². The van der Waals surface area contributed by atoms with E-state index in [1.54, 1.807) is 22.4 Å². The number of aromatic nitrogens is 1. The number of aryl methyl sites for hydroxylation is 1. The second-order valence-corrected chi connectivity index (χ2v) is 8.92. The van der Waals surface area contributed by atoms with E-state index in [0.29, 0.717) is 24.0 Å². The van der Waals surface area contributed by atoms with Gasteiger partial charge in [-0.2, -0.15) is 0 Å². The highest BCUT2D eigenvalue weighted by molar-refractivity contribution is 7.14. The van der Waals surface area contributed by atoms with Gasteiger partial charge in [0.1, 0.15) is 6.04 Å². The van der Waals surface area contributed by atoms with Crippen LogP contribution in [0.4, 0.5) is 5.13 Å². The van der Waals surface area contributed by atoms with E-state index in [1.165, 1.54) is 28.2 Å². The van der Waals surface area contributed by atoms with Crippen molar-refractivity contribution >= 4 is 39.6 Å². The molecule has 2 amide bonds. The molecule has 0 aromatic carbocycles. The molecule has 3 heterocycles. The van der Waals surface area contributed by atoms with Crippen molar-refractivity contribution in [3.8, 4) is 0 Å². The molecule has 2 atom stereocenters. The predicted molar refractivity (Wildman–Crippen MR) is 100 cm³/mol. The van der Waals surface area contributed by atoms with Crippen LogP contribution in [0.5, 0.6) is 0 Å². The summed E-state index contributed by atoms with van der Waals surface area (Å²) in [6.45, 7) is 2.91. The number of fused-ring (bicyclic) bond motifs is 1. The zero-order valence-electron chi connectivity index (χ0n) is 14.2. The Balaban J connectivity index is 1.50. The van der Waals surface area contributed by atoms with Crippen LogP contribution < -0.4 is 5.32 Å². The number of likely N-dealkylation sites (tertiary alicyclic amines) is 1. The van der Waals surface area contributed by atoms with Crippen LogP contribution in [-0.4, -0.2) is 34.3 Å². The van der Waals surface area contributed by atoms with Crippen molar-refractivity contribution in [3.05, 3.63) is 33.0 Å². The van der Waals surface area contributed by atoms with Gasteiger partial charge in [0.15, 0.2) is 5.13 Å². The highest BCUT2D eigenvalue weighted by Crippen LogP contribution is 2.34. The number of carbonyl (C=O) groups is 2. The summed E-state index contributed by atoms with van der Waals surface area (Å²) in [4.78, 5) is 33.5. The number of thiophene rings is 1. The molecule has 1 aliphatic heterocycles. The summed E-state index contributed by atoms with van der Waals surface area (Å²) in [6, 6.07) is 1.67. The summed E-state index contributed by atoms with van der Waals surface area (Å²) in [5.41, 5.74) is 1.33. The number of rotatable bonds is 3. The minimum atomic E-state index is -0.394. The van der Waals surface area contributed by atoms with Gasteiger partial charge >= 0.3 is 0 Å². The van der Waals surface area contributed by atoms with Gasteiger partial charge in [-0.05, 0) is 49.7 Å². The van der Waals surface area contributed by atoms with E-state index < -0.39 is 6.04 Å². The van der Waals surface area contributed by atoms with E-state index in [1.807, 2.05) is 5.38 Å². The number of thiazole rings is 1. The summed E-state index contributed by atoms with van der Waals surface area (Å²) >= 11 is 3.01. The molecule has 132 valence electrons. The first-order valence-electron chi connectivity index (χ1n) is 8.74. The van der Waals surface area contributed by atoms with E-state index in [4.69, 9.17) is 0 Å². The third kappa shape index (κ3) is 3.35. The van der Waals surface area contributed by atoms with Crippen LogP contribution in [0.3, 0.4) is 0 Å². The standard InChI is InChI=1S/C18H21N3O2S2/c1-11-4-5-14-12(9-11)10-15(25-14)17(23)21-7-2-3-13(21)16(22)20-18-19-6-8-24-18/h6,8,10-11,13H,2-5,7,9H2,1H3,(H,19,20,22). The van der Waals surface area contributed by atoms with Crippen LogP contribution in [0.1, 0.15) is 46.3 Å². The average Bonchev–Trinajstić information content (AvgIpc) is 3.33. The molecule has 2 unspecified atom stereocenters. The SMILES string of the molecule is CC1CCc2sc(C(=O)N3CCCC3C(=O)Nc3nccs3)cc2C1. The van der Waals surface area contributed by atoms with Gasteiger partial charge in [-0.3, -0.25) is 9.59 Å². The van der Waals surface area contributed by atoms with Gasteiger partial charge in [-0.15, -0.1) is 22.7 Å². The van der Waals surface area contributed by atoms with Crippen LogP contribution in [0.2, 0.25) is 0 Å². The first kappa shape index (κ1) is 16.7. The molecule has 1 aliphatic carbocycles. The summed E-state index contributed by atoms with van der Waals surface area (Å²) in [5, 5.41) is 5.24. The molecule has 7 heteroatoms. The third-order valence-electron chi connectivity index (χ3n) is 5.02. The van der Waals surface area contributed by atoms with Crippen molar-refractivity contribution in [1.82, 2.24) is 9.88 Å².